The van der Waals surface area contributed by atoms with Crippen LogP contribution in [-0.4, -0.2) is 30.7 Å². The summed E-state index contributed by atoms with van der Waals surface area (Å²) in [6.07, 6.45) is -5.48. The van der Waals surface area contributed by atoms with Crippen LogP contribution >= 0.6 is 11.6 Å². The van der Waals surface area contributed by atoms with Crippen molar-refractivity contribution >= 4 is 27.4 Å². The molecule has 26 heavy (non-hydrogen) atoms. The summed E-state index contributed by atoms with van der Waals surface area (Å²) in [6, 6.07) is 4.71. The fraction of sp³-hybridized carbons (Fsp3) is 0.286. The Morgan fingerprint density at radius 3 is 2.58 bits per heavy atom. The van der Waals surface area contributed by atoms with Gasteiger partial charge in [0.05, 0.1) is 4.90 Å². The monoisotopic (exact) mass is 410 g/mol. The van der Waals surface area contributed by atoms with Crippen LogP contribution in [0.1, 0.15) is 12.5 Å². The van der Waals surface area contributed by atoms with Crippen LogP contribution in [-0.2, 0) is 16.6 Å². The van der Waals surface area contributed by atoms with Crippen molar-refractivity contribution in [2.75, 3.05) is 5.32 Å². The maximum Gasteiger partial charge on any atom is 0.425 e. The Balaban J connectivity index is 2.32. The number of halogens is 4. The Labute approximate surface area is 152 Å². The number of nitrogens with zero attached hydrogens (tertiary/aromatic N) is 2. The van der Waals surface area contributed by atoms with Crippen molar-refractivity contribution in [3.63, 3.8) is 0 Å². The number of aromatic nitrogens is 2. The summed E-state index contributed by atoms with van der Waals surface area (Å²) in [6.45, 7) is 0.756. The zero-order valence-electron chi connectivity index (χ0n) is 13.3. The molecule has 1 heterocycles. The lowest BCUT2D eigenvalue weighted by molar-refractivity contribution is -0.189. The summed E-state index contributed by atoms with van der Waals surface area (Å²) in [5.41, 5.74) is 0.141. The van der Waals surface area contributed by atoms with Crippen molar-refractivity contribution in [3.8, 4) is 5.75 Å². The lowest BCUT2D eigenvalue weighted by Gasteiger charge is -2.20. The van der Waals surface area contributed by atoms with Gasteiger partial charge in [0.2, 0.25) is 10.0 Å². The van der Waals surface area contributed by atoms with E-state index in [9.17, 15) is 21.6 Å². The number of sulfonamides is 1. The first-order valence-electron chi connectivity index (χ1n) is 7.07. The van der Waals surface area contributed by atoms with Crippen molar-refractivity contribution in [3.05, 3.63) is 41.3 Å². The number of nitrogens with two attached hydrogens (primary N) is 1. The molecule has 0 spiro atoms. The van der Waals surface area contributed by atoms with Gasteiger partial charge in [-0.25, -0.2) is 23.5 Å². The van der Waals surface area contributed by atoms with Crippen LogP contribution < -0.4 is 15.2 Å². The van der Waals surface area contributed by atoms with E-state index in [2.05, 4.69) is 15.3 Å². The van der Waals surface area contributed by atoms with E-state index in [1.54, 1.807) is 0 Å². The van der Waals surface area contributed by atoms with Crippen molar-refractivity contribution < 1.29 is 26.3 Å². The standard InChI is InChI=1S/C14H14ClF3N4O3S/c1-8(14(16,17)18)25-11-3-2-10(26(19,23)24)4-9(11)6-20-13-5-12(15)21-7-22-13/h2-5,7-8H,6H2,1H3,(H2,19,23,24)(H,20,21,22). The minimum Gasteiger partial charge on any atom is -0.481 e. The quantitative estimate of drug-likeness (QED) is 0.709. The van der Waals surface area contributed by atoms with Crippen LogP contribution in [0.5, 0.6) is 5.75 Å². The van der Waals surface area contributed by atoms with Gasteiger partial charge in [-0.3, -0.25) is 0 Å². The lowest BCUT2D eigenvalue weighted by Crippen LogP contribution is -2.31. The van der Waals surface area contributed by atoms with Gasteiger partial charge >= 0.3 is 6.18 Å². The van der Waals surface area contributed by atoms with Gasteiger partial charge in [-0.2, -0.15) is 13.2 Å². The Morgan fingerprint density at radius 1 is 1.31 bits per heavy atom. The van der Waals surface area contributed by atoms with Crippen LogP contribution in [0, 0.1) is 0 Å². The topological polar surface area (TPSA) is 107 Å². The van der Waals surface area contributed by atoms with E-state index in [1.165, 1.54) is 12.4 Å². The molecule has 2 rings (SSSR count). The fourth-order valence-electron chi connectivity index (χ4n) is 1.86. The normalized spacial score (nSPS) is 13.3. The minimum atomic E-state index is -4.58. The number of rotatable bonds is 6. The van der Waals surface area contributed by atoms with Gasteiger partial charge in [0.1, 0.15) is 23.0 Å². The zero-order valence-corrected chi connectivity index (χ0v) is 14.9. The van der Waals surface area contributed by atoms with E-state index in [-0.39, 0.29) is 27.9 Å². The molecule has 2 aromatic rings. The molecule has 1 aromatic heterocycles. The SMILES string of the molecule is CC(Oc1ccc(S(N)(=O)=O)cc1CNc1cc(Cl)ncn1)C(F)(F)F. The molecule has 0 radical (unpaired) electrons. The highest BCUT2D eigenvalue weighted by molar-refractivity contribution is 7.89. The van der Waals surface area contributed by atoms with Crippen LogP contribution in [0.15, 0.2) is 35.5 Å². The molecule has 0 fully saturated rings. The number of ether oxygens (including phenoxy) is 1. The zero-order chi connectivity index (χ0) is 19.5. The summed E-state index contributed by atoms with van der Waals surface area (Å²) in [4.78, 5) is 7.32. The second-order valence-corrected chi connectivity index (χ2v) is 7.14. The summed E-state index contributed by atoms with van der Waals surface area (Å²) in [5.74, 6) is 0.149. The molecule has 7 nitrogen and oxygen atoms in total. The molecule has 0 aliphatic rings. The highest BCUT2D eigenvalue weighted by Crippen LogP contribution is 2.29. The average Bonchev–Trinajstić information content (AvgIpc) is 2.52. The van der Waals surface area contributed by atoms with Gasteiger partial charge in [-0.1, -0.05) is 11.6 Å². The maximum atomic E-state index is 12.7. The first-order valence-corrected chi connectivity index (χ1v) is 9.00. The summed E-state index contributed by atoms with van der Waals surface area (Å²) in [7, 11) is -4.04. The van der Waals surface area contributed by atoms with Crippen LogP contribution in [0.3, 0.4) is 0 Å². The number of hydrogen-bond acceptors (Lipinski definition) is 6. The molecule has 0 bridgehead atoms. The van der Waals surface area contributed by atoms with E-state index in [1.807, 2.05) is 0 Å². The van der Waals surface area contributed by atoms with Crippen molar-refractivity contribution in [2.24, 2.45) is 5.14 Å². The molecule has 1 atom stereocenters. The van der Waals surface area contributed by atoms with E-state index in [4.69, 9.17) is 21.5 Å². The van der Waals surface area contributed by atoms with Gasteiger partial charge in [0, 0.05) is 18.2 Å². The summed E-state index contributed by atoms with van der Waals surface area (Å²) in [5, 5.41) is 8.02. The molecule has 1 aromatic carbocycles. The van der Waals surface area contributed by atoms with Crippen LogP contribution in [0.2, 0.25) is 5.15 Å². The second-order valence-electron chi connectivity index (χ2n) is 5.20. The molecule has 1 unspecified atom stereocenters. The van der Waals surface area contributed by atoms with E-state index >= 15 is 0 Å². The number of primary sulfonamides is 1. The van der Waals surface area contributed by atoms with Crippen molar-refractivity contribution in [1.82, 2.24) is 9.97 Å². The Kier molecular flexibility index (Phi) is 5.94. The number of alkyl halides is 3. The third kappa shape index (κ3) is 5.44. The highest BCUT2D eigenvalue weighted by atomic mass is 35.5. The van der Waals surface area contributed by atoms with Gasteiger partial charge in [-0.15, -0.1) is 0 Å². The number of hydrogen-bond donors (Lipinski definition) is 2. The van der Waals surface area contributed by atoms with Crippen molar-refractivity contribution in [1.29, 1.82) is 0 Å². The first kappa shape index (κ1) is 20.2. The van der Waals surface area contributed by atoms with Gasteiger partial charge in [0.15, 0.2) is 6.10 Å². The molecule has 0 saturated carbocycles. The molecular formula is C14H14ClF3N4O3S. The predicted octanol–water partition coefficient (Wildman–Crippen LogP) is 2.72. The third-order valence-corrected chi connectivity index (χ3v) is 4.34. The van der Waals surface area contributed by atoms with Crippen molar-refractivity contribution in [2.45, 2.75) is 30.6 Å². The van der Waals surface area contributed by atoms with Gasteiger partial charge in [-0.05, 0) is 25.1 Å². The fourth-order valence-corrected chi connectivity index (χ4v) is 2.57. The van der Waals surface area contributed by atoms with Crippen LogP contribution in [0.4, 0.5) is 19.0 Å². The molecule has 12 heteroatoms. The largest absolute Gasteiger partial charge is 0.481 e. The third-order valence-electron chi connectivity index (χ3n) is 3.22. The maximum absolute atomic E-state index is 12.7. The second kappa shape index (κ2) is 7.64. The molecule has 142 valence electrons. The summed E-state index contributed by atoms with van der Waals surface area (Å²) < 4.78 is 66.1. The Bertz CT molecular complexity index is 893. The molecule has 0 amide bonds. The smallest absolute Gasteiger partial charge is 0.425 e. The summed E-state index contributed by atoms with van der Waals surface area (Å²) >= 11 is 5.73. The minimum absolute atomic E-state index is 0.0867. The van der Waals surface area contributed by atoms with E-state index < -0.39 is 22.3 Å². The highest BCUT2D eigenvalue weighted by Gasteiger charge is 2.38. The number of anilines is 1. The molecular weight excluding hydrogens is 397 g/mol. The molecule has 0 aliphatic heterocycles. The van der Waals surface area contributed by atoms with E-state index in [0.717, 1.165) is 25.1 Å². The number of nitrogens with one attached hydrogen (secondary N) is 1. The van der Waals surface area contributed by atoms with Gasteiger partial charge in [0.25, 0.3) is 0 Å². The predicted molar refractivity (Wildman–Crippen MR) is 88.3 cm³/mol. The molecule has 0 aliphatic carbocycles. The lowest BCUT2D eigenvalue weighted by atomic mass is 10.2. The molecule has 3 N–H and O–H groups in total. The van der Waals surface area contributed by atoms with Gasteiger partial charge < -0.3 is 10.1 Å². The number of benzene rings is 1. The van der Waals surface area contributed by atoms with E-state index in [0.29, 0.717) is 5.82 Å². The Hall–Kier alpha value is -2.11. The Morgan fingerprint density at radius 2 is 2.00 bits per heavy atom. The first-order chi connectivity index (χ1) is 12.0. The average molecular weight is 411 g/mol. The molecule has 0 saturated heterocycles. The van der Waals surface area contributed by atoms with Crippen LogP contribution in [0.25, 0.3) is 0 Å².